The summed E-state index contributed by atoms with van der Waals surface area (Å²) in [6, 6.07) is 0. The van der Waals surface area contributed by atoms with E-state index in [1.165, 1.54) is 37.5 Å². The summed E-state index contributed by atoms with van der Waals surface area (Å²) in [5, 5.41) is 80.7. The minimum atomic E-state index is -3.50. The van der Waals surface area contributed by atoms with Crippen molar-refractivity contribution in [2.75, 3.05) is 33.5 Å². The quantitative estimate of drug-likeness (QED) is 0.0188. The Balaban J connectivity index is 1.39. The Bertz CT molecular complexity index is 3060. The summed E-state index contributed by atoms with van der Waals surface area (Å²) < 4.78 is 113. The van der Waals surface area contributed by atoms with Gasteiger partial charge >= 0.3 is 38.2 Å². The number of carbonyl (C=O) groups excluding carboxylic acids is 7. The summed E-state index contributed by atoms with van der Waals surface area (Å²) >= 11 is 0. The van der Waals surface area contributed by atoms with E-state index in [-0.39, 0.29) is 12.0 Å². The highest BCUT2D eigenvalue weighted by Gasteiger charge is 2.62. The van der Waals surface area contributed by atoms with Gasteiger partial charge in [-0.3, -0.25) is 24.0 Å². The molecular weight excluding hydrogens is 1410 g/mol. The summed E-state index contributed by atoms with van der Waals surface area (Å²) in [7, 11) is -2.41. The van der Waals surface area contributed by atoms with Crippen LogP contribution in [0.25, 0.3) is 0 Å². The third kappa shape index (κ3) is 26.4. The van der Waals surface area contributed by atoms with Crippen molar-refractivity contribution in [3.05, 3.63) is 59.3 Å². The molecule has 9 N–H and O–H groups in total. The monoisotopic (exact) mass is 1520 g/mol. The number of Topliss-reactive ketones (excluding diaryl/α,β-unsaturated/α-hetero) is 2. The fourth-order valence-electron chi connectivity index (χ4n) is 12.3. The Kier molecular flexibility index (Phi) is 35.5. The zero-order valence-electron chi connectivity index (χ0n) is 62.7. The van der Waals surface area contributed by atoms with E-state index in [9.17, 15) is 73.9 Å². The largest absolute Gasteiger partial charge is 0.700 e. The number of ketones is 2. The molecule has 105 heavy (non-hydrogen) atoms. The van der Waals surface area contributed by atoms with Crippen LogP contribution in [0.5, 0.6) is 0 Å². The molecule has 5 fully saturated rings. The molecule has 5 aliphatic rings. The fraction of sp³-hybridized carbons (Fsp3) is 0.761. The number of esters is 4. The van der Waals surface area contributed by atoms with Gasteiger partial charge in [-0.1, -0.05) is 91.5 Å². The van der Waals surface area contributed by atoms with E-state index < -0.39 is 228 Å². The van der Waals surface area contributed by atoms with E-state index in [2.05, 4.69) is 65.5 Å². The number of ether oxygens (including phenoxy) is 15. The number of methoxy groups -OCH3 is 1. The van der Waals surface area contributed by atoms with Crippen LogP contribution in [0.1, 0.15) is 149 Å². The average molecular weight is 1520 g/mol. The van der Waals surface area contributed by atoms with Crippen LogP contribution in [0.3, 0.4) is 0 Å². The lowest BCUT2D eigenvalue weighted by Gasteiger charge is -2.51. The molecule has 0 aromatic heterocycles. The van der Waals surface area contributed by atoms with E-state index in [0.29, 0.717) is 12.8 Å². The van der Waals surface area contributed by atoms with Crippen molar-refractivity contribution >= 4 is 49.8 Å². The van der Waals surface area contributed by atoms with Gasteiger partial charge in [-0.05, 0) is 106 Å². The molecule has 0 aromatic carbocycles. The molecule has 0 saturated carbocycles. The maximum absolute atomic E-state index is 14.0. The van der Waals surface area contributed by atoms with Gasteiger partial charge in [-0.15, -0.1) is 4.52 Å². The Morgan fingerprint density at radius 2 is 1.19 bits per heavy atom. The molecule has 5 rings (SSSR count). The number of amides is 1. The maximum atomic E-state index is 14.0. The number of aliphatic hydroxyl groups is 7. The molecule has 5 aliphatic heterocycles. The Labute approximate surface area is 613 Å². The number of aliphatic hydroxyl groups excluding tert-OH is 6. The van der Waals surface area contributed by atoms with Crippen molar-refractivity contribution < 1.29 is 154 Å². The van der Waals surface area contributed by atoms with Gasteiger partial charge in [-0.25, -0.2) is 9.59 Å². The molecule has 34 heteroatoms. The van der Waals surface area contributed by atoms with Crippen LogP contribution in [0.15, 0.2) is 59.3 Å². The highest BCUT2D eigenvalue weighted by atomic mass is 31.1. The Hall–Kier alpha value is -5.47. The number of hydrogen-bond acceptors (Lipinski definition) is 32. The van der Waals surface area contributed by atoms with Gasteiger partial charge in [0, 0.05) is 37.2 Å². The topological polar surface area (TPSA) is 461 Å². The molecule has 0 aromatic rings. The van der Waals surface area contributed by atoms with E-state index in [0.717, 1.165) is 86.3 Å². The molecule has 5 heterocycles. The van der Waals surface area contributed by atoms with Gasteiger partial charge in [0.1, 0.15) is 73.8 Å². The predicted octanol–water partition coefficient (Wildman–Crippen LogP) is 4.04. The lowest BCUT2D eigenvalue weighted by molar-refractivity contribution is -0.382. The lowest BCUT2D eigenvalue weighted by atomic mass is 9.83. The molecule has 0 aliphatic carbocycles. The number of primary amides is 1. The van der Waals surface area contributed by atoms with Crippen LogP contribution in [-0.2, 0) is 113 Å². The predicted molar refractivity (Wildman–Crippen MR) is 366 cm³/mol. The molecule has 5 saturated heterocycles. The summed E-state index contributed by atoms with van der Waals surface area (Å²) in [4.78, 5) is 88.2. The standard InChI is InChI=1S/C71H110NO32P/c1-34(2)21-20-23-35(3)24-25-37(5)26-29-70(14,15)28-19-18-22-36(4)27-30-89-48(63(84)88-17)33-92-105(87)104-68-60(62(103-69(72)85)71(16,86)61(102-68)41(9)74)101-65-39(7)50(79)57(47(97-65)32-91-66-58(94-44(12)76)52(81)51(80)46(96-66)31-90-43(11)75)100-64-38(6)49(78)56(42(10)93-64)99-67-59(95-45(13)77)54(83)53(82)55(98-67)40(8)73/h19,21,24,27-28,38-39,42,46-62,64-68,78-83,86H,5,18,20,22-23,25-26,29-33H2,1-4,6-17H3,(H-,72,85)/p+1/b28-19+,35-24+,36-27-/t38-,39-,42?,46?,47?,48+,49?,50?,51+,52?,53+,54?,55?,56+,57+,58-,59-,60?,61?,62+,64-,65-,66+,67-,68+,71+/m0/s1. The number of allylic oxidation sites excluding steroid dienone is 8. The Morgan fingerprint density at radius 1 is 0.619 bits per heavy atom. The van der Waals surface area contributed by atoms with E-state index in [1.54, 1.807) is 6.08 Å². The summed E-state index contributed by atoms with van der Waals surface area (Å²) in [6.45, 7) is 24.9. The van der Waals surface area contributed by atoms with Crippen LogP contribution in [0.4, 0.5) is 4.79 Å². The van der Waals surface area contributed by atoms with Gasteiger partial charge in [-0.2, -0.15) is 0 Å². The highest BCUT2D eigenvalue weighted by Crippen LogP contribution is 2.43. The summed E-state index contributed by atoms with van der Waals surface area (Å²) in [5.74, 6) is -7.80. The van der Waals surface area contributed by atoms with Crippen molar-refractivity contribution in [2.45, 2.75) is 296 Å². The van der Waals surface area contributed by atoms with Crippen molar-refractivity contribution in [1.29, 1.82) is 0 Å². The second-order valence-electron chi connectivity index (χ2n) is 28.4. The molecule has 0 radical (unpaired) electrons. The number of carbonyl (C=O) groups is 7. The Morgan fingerprint density at radius 3 is 1.78 bits per heavy atom. The van der Waals surface area contributed by atoms with Gasteiger partial charge in [0.05, 0.1) is 38.6 Å². The summed E-state index contributed by atoms with van der Waals surface area (Å²) in [6.07, 6.45) is -25.6. The van der Waals surface area contributed by atoms with Gasteiger partial charge in [0.15, 0.2) is 73.4 Å². The first-order valence-electron chi connectivity index (χ1n) is 34.9. The first-order chi connectivity index (χ1) is 49.1. The fourth-order valence-corrected chi connectivity index (χ4v) is 13.0. The second kappa shape index (κ2) is 41.4. The minimum Gasteiger partial charge on any atom is -0.467 e. The number of rotatable bonds is 37. The molecule has 33 nitrogen and oxygen atoms in total. The molecule has 0 spiro atoms. The van der Waals surface area contributed by atoms with Gasteiger partial charge in [0.25, 0.3) is 0 Å². The molecule has 11 unspecified atom stereocenters. The SMILES string of the molecule is C=C(C/C=C(\C)CCC=C(C)C)CCC(C)(C)/C=C/CC/C(C)=C\CO[C@H](CO[P+](=O)O[C@H]1OC(C(C)=O)[C@@](C)(O)[C@H](OC(N)=O)C1O[C@@H]1OC(CO[C@@H]2OC(COC(C)=O)[C@@H](O)C(O)[C@@H]2OC(C)=O)[C@@H](O[C@@H]2OC(C)[C@@H](O[C@@H]3OC(C(C)=O)[C@H](O)C(O)[C@@H]3OC(C)=O)C(O)[C@@H]2C)C(O)[C@@H]1C)C(=O)OC. The normalized spacial score (nSPS) is 35.2. The first-order valence-corrected chi connectivity index (χ1v) is 36.0. The van der Waals surface area contributed by atoms with Crippen LogP contribution >= 0.6 is 8.25 Å². The van der Waals surface area contributed by atoms with Crippen LogP contribution in [0, 0.1) is 17.3 Å². The maximum Gasteiger partial charge on any atom is 0.700 e. The molecule has 27 atom stereocenters. The van der Waals surface area contributed by atoms with Crippen molar-refractivity contribution in [3.8, 4) is 0 Å². The van der Waals surface area contributed by atoms with E-state index in [4.69, 9.17) is 85.8 Å². The van der Waals surface area contributed by atoms with E-state index >= 15 is 0 Å². The minimum absolute atomic E-state index is 0.0832. The zero-order valence-corrected chi connectivity index (χ0v) is 63.6. The molecule has 1 amide bonds. The zero-order chi connectivity index (χ0) is 78.7. The third-order valence-electron chi connectivity index (χ3n) is 18.5. The number of hydrogen-bond donors (Lipinski definition) is 8. The molecule has 596 valence electrons. The van der Waals surface area contributed by atoms with E-state index in [1.807, 2.05) is 6.92 Å². The van der Waals surface area contributed by atoms with Crippen molar-refractivity contribution in [3.63, 3.8) is 0 Å². The molecular formula is C71H111NO32P+. The smallest absolute Gasteiger partial charge is 0.467 e. The van der Waals surface area contributed by atoms with Crippen LogP contribution < -0.4 is 5.73 Å². The molecule has 0 bridgehead atoms. The van der Waals surface area contributed by atoms with Gasteiger partial charge in [0.2, 0.25) is 6.29 Å². The summed E-state index contributed by atoms with van der Waals surface area (Å²) in [5.41, 5.74) is 7.66. The van der Waals surface area contributed by atoms with Crippen LogP contribution in [0.2, 0.25) is 0 Å². The van der Waals surface area contributed by atoms with Crippen LogP contribution in [-0.4, -0.2) is 258 Å². The first kappa shape index (κ1) is 90.1. The average Bonchev–Trinajstić information content (AvgIpc) is 0.755. The third-order valence-corrected chi connectivity index (χ3v) is 19.3. The van der Waals surface area contributed by atoms with Crippen molar-refractivity contribution in [1.82, 2.24) is 0 Å². The lowest BCUT2D eigenvalue weighted by Crippen LogP contribution is -2.69. The number of nitrogens with two attached hydrogens (primary N) is 1. The second-order valence-corrected chi connectivity index (χ2v) is 29.3. The highest BCUT2D eigenvalue weighted by molar-refractivity contribution is 7.33. The van der Waals surface area contributed by atoms with Crippen molar-refractivity contribution in [2.24, 2.45) is 23.0 Å². The van der Waals surface area contributed by atoms with Gasteiger partial charge < -0.3 is 113 Å².